The normalized spacial score (nSPS) is 16.4. The number of fused-ring (bicyclic) bond motifs is 5. The van der Waals surface area contributed by atoms with Gasteiger partial charge in [0.15, 0.2) is 5.75 Å². The third kappa shape index (κ3) is 7.78. The summed E-state index contributed by atoms with van der Waals surface area (Å²) in [5.74, 6) is 1.40. The molecule has 332 valence electrons. The Morgan fingerprint density at radius 2 is 1.31 bits per heavy atom. The number of methoxy groups -OCH3 is 1. The number of nitrogens with one attached hydrogen (secondary N) is 3. The van der Waals surface area contributed by atoms with Crippen LogP contribution in [0.1, 0.15) is 93.4 Å². The van der Waals surface area contributed by atoms with Gasteiger partial charge in [-0.3, -0.25) is 14.6 Å². The molecule has 1 atom stereocenters. The molecule has 3 aliphatic rings. The van der Waals surface area contributed by atoms with E-state index in [1.165, 1.54) is 0 Å². The standard InChI is InChI=1S/C49H64N6O5S2/c1-27-24-29-33-36-34(30(25-56)48-43(52-18-22-61-48)40(36)45(58)42(29)51-17-13-9-11-15-21-55(5)6)35-31(26-57)49-44(53-19-23-62-49)41-38(35)37(33)39(47(60-7)46(41)59)32(27)28(2)50-16-12-8-10-14-20-54(3)4/h24,32,51-53,56-57H,8-23,25-26H2,1-7H3. The van der Waals surface area contributed by atoms with Gasteiger partial charge in [-0.1, -0.05) is 37.3 Å². The highest BCUT2D eigenvalue weighted by Crippen LogP contribution is 2.57. The van der Waals surface area contributed by atoms with Crippen LogP contribution in [-0.2, 0) is 13.2 Å². The van der Waals surface area contributed by atoms with E-state index in [0.717, 1.165) is 152 Å². The van der Waals surface area contributed by atoms with Gasteiger partial charge in [0.2, 0.25) is 10.9 Å². The number of benzene rings is 5. The molecule has 0 saturated carbocycles. The maximum Gasteiger partial charge on any atom is 0.230 e. The number of hydrogen-bond acceptors (Lipinski definition) is 13. The SMILES string of the molecule is COc1c2c3c4c(c(NCCCCCCN(C)C)c(=O)c5c6c(c(CO)c(c7c(CO)c8c(c(c1=O)c73)NCCS8)c54)SCCN6)C=C(C)C2C(C)=NCCCCCCN(C)C. The second-order valence-electron chi connectivity index (χ2n) is 17.8. The van der Waals surface area contributed by atoms with Gasteiger partial charge in [-0.2, -0.15) is 0 Å². The van der Waals surface area contributed by atoms with Crippen molar-refractivity contribution in [3.8, 4) is 5.75 Å². The smallest absolute Gasteiger partial charge is 0.230 e. The van der Waals surface area contributed by atoms with Crippen molar-refractivity contribution in [2.45, 2.75) is 94.1 Å². The summed E-state index contributed by atoms with van der Waals surface area (Å²) < 4.78 is 6.31. The van der Waals surface area contributed by atoms with Crippen molar-refractivity contribution in [3.05, 3.63) is 48.3 Å². The lowest BCUT2D eigenvalue weighted by Crippen LogP contribution is -2.22. The predicted molar refractivity (Wildman–Crippen MR) is 265 cm³/mol. The molecule has 8 rings (SSSR count). The first-order chi connectivity index (χ1) is 30.0. The minimum absolute atomic E-state index is 0.0845. The van der Waals surface area contributed by atoms with Gasteiger partial charge in [-0.05, 0) is 97.0 Å². The fourth-order valence-electron chi connectivity index (χ4n) is 10.4. The number of rotatable bonds is 19. The van der Waals surface area contributed by atoms with Crippen LogP contribution in [0.25, 0.3) is 49.2 Å². The van der Waals surface area contributed by atoms with Crippen LogP contribution < -0.4 is 31.5 Å². The van der Waals surface area contributed by atoms with Crippen molar-refractivity contribution >= 4 is 95.5 Å². The molecule has 0 fully saturated rings. The van der Waals surface area contributed by atoms with Crippen molar-refractivity contribution in [3.63, 3.8) is 0 Å². The van der Waals surface area contributed by atoms with Crippen LogP contribution in [0.4, 0.5) is 17.1 Å². The molecular weight excluding hydrogens is 817 g/mol. The number of unbranched alkanes of at least 4 members (excludes halogenated alkanes) is 6. The first-order valence-electron chi connectivity index (χ1n) is 22.6. The topological polar surface area (TPSA) is 139 Å². The molecule has 5 aromatic rings. The summed E-state index contributed by atoms with van der Waals surface area (Å²) in [5, 5.41) is 39.7. The molecule has 0 radical (unpaired) electrons. The van der Waals surface area contributed by atoms with Gasteiger partial charge in [0.25, 0.3) is 0 Å². The first kappa shape index (κ1) is 44.7. The zero-order valence-electron chi connectivity index (χ0n) is 37.7. The number of ether oxygens (including phenoxy) is 1. The van der Waals surface area contributed by atoms with E-state index >= 15 is 9.59 Å². The van der Waals surface area contributed by atoms with Crippen molar-refractivity contribution in [1.29, 1.82) is 0 Å². The second kappa shape index (κ2) is 19.1. The zero-order chi connectivity index (χ0) is 43.8. The Bertz CT molecular complexity index is 2680. The maximum atomic E-state index is 15.6. The van der Waals surface area contributed by atoms with E-state index in [1.807, 2.05) is 0 Å². The minimum atomic E-state index is -0.415. The van der Waals surface area contributed by atoms with Crippen molar-refractivity contribution in [2.24, 2.45) is 4.99 Å². The second-order valence-corrected chi connectivity index (χ2v) is 20.0. The lowest BCUT2D eigenvalue weighted by Gasteiger charge is -2.31. The van der Waals surface area contributed by atoms with E-state index < -0.39 is 5.92 Å². The molecule has 0 amide bonds. The molecule has 2 heterocycles. The number of aliphatic imine (C=N–C) groups is 1. The van der Waals surface area contributed by atoms with Crippen LogP contribution in [0.3, 0.4) is 0 Å². The predicted octanol–water partition coefficient (Wildman–Crippen LogP) is 8.54. The Hall–Kier alpha value is -3.85. The van der Waals surface area contributed by atoms with Crippen molar-refractivity contribution < 1.29 is 14.9 Å². The fraction of sp³-hybridized carbons (Fsp3) is 0.531. The molecule has 62 heavy (non-hydrogen) atoms. The van der Waals surface area contributed by atoms with E-state index in [9.17, 15) is 10.2 Å². The van der Waals surface area contributed by atoms with Crippen LogP contribution in [0.2, 0.25) is 0 Å². The number of aliphatic hydroxyl groups is 2. The summed E-state index contributed by atoms with van der Waals surface area (Å²) in [5.41, 5.74) is 6.55. The van der Waals surface area contributed by atoms with Crippen LogP contribution >= 0.6 is 23.5 Å². The minimum Gasteiger partial charge on any atom is -0.492 e. The largest absolute Gasteiger partial charge is 0.492 e. The zero-order valence-corrected chi connectivity index (χ0v) is 39.3. The van der Waals surface area contributed by atoms with Gasteiger partial charge in [-0.25, -0.2) is 0 Å². The van der Waals surface area contributed by atoms with Gasteiger partial charge in [-0.15, -0.1) is 23.5 Å². The number of thioether (sulfide) groups is 2. The molecule has 5 aromatic carbocycles. The number of hydrogen-bond donors (Lipinski definition) is 5. The average Bonchev–Trinajstić information content (AvgIpc) is 3.39. The van der Waals surface area contributed by atoms with Gasteiger partial charge >= 0.3 is 0 Å². The van der Waals surface area contributed by atoms with Crippen LogP contribution in [-0.4, -0.2) is 112 Å². The number of allylic oxidation sites excluding steroid dienone is 1. The van der Waals surface area contributed by atoms with Crippen LogP contribution in [0.5, 0.6) is 5.75 Å². The third-order valence-corrected chi connectivity index (χ3v) is 15.4. The van der Waals surface area contributed by atoms with E-state index in [2.05, 4.69) is 73.9 Å². The average molecular weight is 881 g/mol. The Morgan fingerprint density at radius 3 is 1.87 bits per heavy atom. The van der Waals surface area contributed by atoms with Gasteiger partial charge in [0.05, 0.1) is 48.2 Å². The number of nitrogens with zero attached hydrogens (tertiary/aromatic N) is 3. The van der Waals surface area contributed by atoms with E-state index in [1.54, 1.807) is 30.6 Å². The lowest BCUT2D eigenvalue weighted by atomic mass is 9.78. The van der Waals surface area contributed by atoms with Gasteiger partial charge in [0, 0.05) is 97.5 Å². The molecule has 5 N–H and O–H groups in total. The number of anilines is 3. The summed E-state index contributed by atoms with van der Waals surface area (Å²) in [7, 11) is 10.0. The van der Waals surface area contributed by atoms with Gasteiger partial charge < -0.3 is 40.7 Å². The molecule has 13 heteroatoms. The van der Waals surface area contributed by atoms with Gasteiger partial charge in [0.1, 0.15) is 0 Å². The molecule has 0 aromatic heterocycles. The first-order valence-corrected chi connectivity index (χ1v) is 24.5. The van der Waals surface area contributed by atoms with Crippen molar-refractivity contribution in [2.75, 3.05) is 102 Å². The Kier molecular flexibility index (Phi) is 13.8. The molecule has 1 unspecified atom stereocenters. The lowest BCUT2D eigenvalue weighted by molar-refractivity contribution is 0.279. The Balaban J connectivity index is 1.48. The third-order valence-electron chi connectivity index (χ3n) is 13.1. The summed E-state index contributed by atoms with van der Waals surface area (Å²) in [4.78, 5) is 42.3. The summed E-state index contributed by atoms with van der Waals surface area (Å²) in [6.07, 6.45) is 10.7. The summed E-state index contributed by atoms with van der Waals surface area (Å²) in [6, 6.07) is 0. The van der Waals surface area contributed by atoms with E-state index in [0.29, 0.717) is 53.9 Å². The monoisotopic (exact) mass is 880 g/mol. The van der Waals surface area contributed by atoms with Crippen molar-refractivity contribution in [1.82, 2.24) is 9.80 Å². The molecule has 0 saturated heterocycles. The number of aliphatic hydroxyl groups excluding tert-OH is 2. The highest BCUT2D eigenvalue weighted by Gasteiger charge is 2.38. The molecule has 0 spiro atoms. The molecular formula is C49H64N6O5S2. The molecule has 0 bridgehead atoms. The quantitative estimate of drug-likeness (QED) is 0.0235. The highest BCUT2D eigenvalue weighted by molar-refractivity contribution is 7.99. The van der Waals surface area contributed by atoms with E-state index in [4.69, 9.17) is 9.73 Å². The Labute approximate surface area is 373 Å². The van der Waals surface area contributed by atoms with E-state index in [-0.39, 0.29) is 29.8 Å². The highest BCUT2D eigenvalue weighted by atomic mass is 32.2. The summed E-state index contributed by atoms with van der Waals surface area (Å²) >= 11 is 3.28. The molecule has 2 aliphatic heterocycles. The molecule has 1 aliphatic carbocycles. The van der Waals surface area contributed by atoms with Crippen LogP contribution in [0, 0.1) is 0 Å². The summed E-state index contributed by atoms with van der Waals surface area (Å²) in [6.45, 7) is 8.39. The molecule has 11 nitrogen and oxygen atoms in total. The fourth-order valence-corrected chi connectivity index (χ4v) is 12.6. The maximum absolute atomic E-state index is 15.6. The Morgan fingerprint density at radius 1 is 0.758 bits per heavy atom. The van der Waals surface area contributed by atoms with Crippen LogP contribution in [0.15, 0.2) is 29.9 Å².